The number of piperidine rings is 1. The van der Waals surface area contributed by atoms with Crippen LogP contribution < -0.4 is 10.6 Å². The van der Waals surface area contributed by atoms with Crippen LogP contribution >= 0.6 is 11.3 Å². The van der Waals surface area contributed by atoms with Gasteiger partial charge in [0.1, 0.15) is 0 Å². The van der Waals surface area contributed by atoms with Crippen LogP contribution in [0.3, 0.4) is 0 Å². The molecule has 1 saturated heterocycles. The highest BCUT2D eigenvalue weighted by atomic mass is 32.1. The van der Waals surface area contributed by atoms with E-state index in [0.717, 1.165) is 30.8 Å². The van der Waals surface area contributed by atoms with Gasteiger partial charge in [-0.3, -0.25) is 14.5 Å². The molecule has 2 heterocycles. The second kappa shape index (κ2) is 7.45. The minimum Gasteiger partial charge on any atom is -0.350 e. The predicted molar refractivity (Wildman–Crippen MR) is 93.7 cm³/mol. The predicted octanol–water partition coefficient (Wildman–Crippen LogP) is 2.25. The van der Waals surface area contributed by atoms with Crippen LogP contribution in [-0.4, -0.2) is 47.4 Å². The van der Waals surface area contributed by atoms with Crippen molar-refractivity contribution in [2.24, 2.45) is 0 Å². The van der Waals surface area contributed by atoms with Crippen LogP contribution in [-0.2, 0) is 4.79 Å². The van der Waals surface area contributed by atoms with Crippen molar-refractivity contribution < 1.29 is 9.59 Å². The van der Waals surface area contributed by atoms with Gasteiger partial charge in [-0.15, -0.1) is 11.3 Å². The number of likely N-dealkylation sites (tertiary alicyclic amines) is 1. The molecule has 6 heteroatoms. The van der Waals surface area contributed by atoms with Gasteiger partial charge in [-0.2, -0.15) is 0 Å². The summed E-state index contributed by atoms with van der Waals surface area (Å²) in [6.07, 6.45) is 1.76. The smallest absolute Gasteiger partial charge is 0.261 e. The standard InChI is InChI=1S/C17H27N3O2S/c1-12(15(21)19-17(2,3)4)20-9-7-13(8-10-20)18-16(22)14-6-5-11-23-14/h5-6,11-13H,7-10H2,1-4H3,(H,18,22)(H,19,21)/t12-/m0/s1. The van der Waals surface area contributed by atoms with Gasteiger partial charge >= 0.3 is 0 Å². The Balaban J connectivity index is 1.79. The summed E-state index contributed by atoms with van der Waals surface area (Å²) in [4.78, 5) is 27.3. The quantitative estimate of drug-likeness (QED) is 0.886. The molecule has 0 saturated carbocycles. The zero-order valence-electron chi connectivity index (χ0n) is 14.4. The SMILES string of the molecule is C[C@@H](C(=O)NC(C)(C)C)N1CCC(NC(=O)c2cccs2)CC1. The van der Waals surface area contributed by atoms with Crippen molar-refractivity contribution in [3.8, 4) is 0 Å². The molecular formula is C17H27N3O2S. The molecule has 0 unspecified atom stereocenters. The molecule has 0 radical (unpaired) electrons. The van der Waals surface area contributed by atoms with Crippen LogP contribution in [0.15, 0.2) is 17.5 Å². The van der Waals surface area contributed by atoms with Gasteiger partial charge < -0.3 is 10.6 Å². The van der Waals surface area contributed by atoms with Crippen molar-refractivity contribution in [1.82, 2.24) is 15.5 Å². The lowest BCUT2D eigenvalue weighted by Crippen LogP contribution is -2.54. The maximum atomic E-state index is 12.3. The van der Waals surface area contributed by atoms with E-state index in [2.05, 4.69) is 15.5 Å². The average molecular weight is 337 g/mol. The van der Waals surface area contributed by atoms with E-state index >= 15 is 0 Å². The van der Waals surface area contributed by atoms with Crippen molar-refractivity contribution in [3.63, 3.8) is 0 Å². The van der Waals surface area contributed by atoms with Gasteiger partial charge in [0, 0.05) is 24.7 Å². The maximum absolute atomic E-state index is 12.3. The molecular weight excluding hydrogens is 310 g/mol. The summed E-state index contributed by atoms with van der Waals surface area (Å²) in [5.41, 5.74) is -0.210. The third kappa shape index (κ3) is 5.32. The highest BCUT2D eigenvalue weighted by Crippen LogP contribution is 2.16. The van der Waals surface area contributed by atoms with E-state index in [4.69, 9.17) is 0 Å². The third-order valence-electron chi connectivity index (χ3n) is 4.04. The molecule has 0 aliphatic carbocycles. The van der Waals surface area contributed by atoms with Gasteiger partial charge in [-0.1, -0.05) is 6.07 Å². The zero-order valence-corrected chi connectivity index (χ0v) is 15.2. The first kappa shape index (κ1) is 17.9. The van der Waals surface area contributed by atoms with E-state index in [1.807, 2.05) is 45.2 Å². The van der Waals surface area contributed by atoms with Crippen LogP contribution in [0, 0.1) is 0 Å². The summed E-state index contributed by atoms with van der Waals surface area (Å²) in [6, 6.07) is 3.79. The molecule has 1 atom stereocenters. The molecule has 1 aromatic rings. The number of hydrogen-bond acceptors (Lipinski definition) is 4. The second-order valence-corrected chi connectivity index (χ2v) is 8.12. The Bertz CT molecular complexity index is 529. The number of rotatable bonds is 4. The minimum absolute atomic E-state index is 0.0111. The molecule has 128 valence electrons. The van der Waals surface area contributed by atoms with Crippen molar-refractivity contribution in [1.29, 1.82) is 0 Å². The lowest BCUT2D eigenvalue weighted by atomic mass is 10.0. The Morgan fingerprint density at radius 3 is 2.48 bits per heavy atom. The van der Waals surface area contributed by atoms with Gasteiger partial charge in [0.15, 0.2) is 0 Å². The van der Waals surface area contributed by atoms with Crippen molar-refractivity contribution >= 4 is 23.2 Å². The molecule has 23 heavy (non-hydrogen) atoms. The lowest BCUT2D eigenvalue weighted by molar-refractivity contribution is -0.127. The molecule has 1 aliphatic heterocycles. The summed E-state index contributed by atoms with van der Waals surface area (Å²) in [7, 11) is 0. The highest BCUT2D eigenvalue weighted by molar-refractivity contribution is 7.12. The van der Waals surface area contributed by atoms with Crippen LogP contribution in [0.2, 0.25) is 0 Å². The molecule has 5 nitrogen and oxygen atoms in total. The van der Waals surface area contributed by atoms with Gasteiger partial charge in [0.25, 0.3) is 5.91 Å². The van der Waals surface area contributed by atoms with Crippen LogP contribution in [0.4, 0.5) is 0 Å². The monoisotopic (exact) mass is 337 g/mol. The molecule has 1 fully saturated rings. The Hall–Kier alpha value is -1.40. The largest absolute Gasteiger partial charge is 0.350 e. The normalized spacial score (nSPS) is 18.4. The fourth-order valence-corrected chi connectivity index (χ4v) is 3.36. The Labute approximate surface area is 142 Å². The Kier molecular flexibility index (Phi) is 5.81. The topological polar surface area (TPSA) is 61.4 Å². The number of nitrogens with one attached hydrogen (secondary N) is 2. The third-order valence-corrected chi connectivity index (χ3v) is 4.90. The van der Waals surface area contributed by atoms with Gasteiger partial charge in [0.05, 0.1) is 10.9 Å². The molecule has 0 aromatic carbocycles. The summed E-state index contributed by atoms with van der Waals surface area (Å²) in [5, 5.41) is 8.03. The number of carbonyl (C=O) groups is 2. The Morgan fingerprint density at radius 2 is 1.96 bits per heavy atom. The number of hydrogen-bond donors (Lipinski definition) is 2. The summed E-state index contributed by atoms with van der Waals surface area (Å²) in [5.74, 6) is 0.0792. The first-order chi connectivity index (χ1) is 10.8. The van der Waals surface area contributed by atoms with E-state index in [9.17, 15) is 9.59 Å². The maximum Gasteiger partial charge on any atom is 0.261 e. The average Bonchev–Trinajstić information content (AvgIpc) is 3.00. The number of amides is 2. The summed E-state index contributed by atoms with van der Waals surface area (Å²) < 4.78 is 0. The van der Waals surface area contributed by atoms with Gasteiger partial charge in [-0.25, -0.2) is 0 Å². The van der Waals surface area contributed by atoms with Crippen LogP contribution in [0.5, 0.6) is 0 Å². The summed E-state index contributed by atoms with van der Waals surface area (Å²) in [6.45, 7) is 9.58. The van der Waals surface area contributed by atoms with Crippen LogP contribution in [0.25, 0.3) is 0 Å². The Morgan fingerprint density at radius 1 is 1.30 bits per heavy atom. The van der Waals surface area contributed by atoms with Crippen molar-refractivity contribution in [2.45, 2.75) is 58.2 Å². The molecule has 2 N–H and O–H groups in total. The molecule has 1 aromatic heterocycles. The number of thiophene rings is 1. The van der Waals surface area contributed by atoms with E-state index in [1.54, 1.807) is 0 Å². The minimum atomic E-state index is -0.210. The van der Waals surface area contributed by atoms with E-state index in [-0.39, 0.29) is 29.4 Å². The van der Waals surface area contributed by atoms with Crippen molar-refractivity contribution in [2.75, 3.05) is 13.1 Å². The fraction of sp³-hybridized carbons (Fsp3) is 0.647. The molecule has 2 amide bonds. The van der Waals surface area contributed by atoms with Crippen molar-refractivity contribution in [3.05, 3.63) is 22.4 Å². The van der Waals surface area contributed by atoms with E-state index in [1.165, 1.54) is 11.3 Å². The van der Waals surface area contributed by atoms with E-state index in [0.29, 0.717) is 0 Å². The molecule has 0 spiro atoms. The molecule has 1 aliphatic rings. The zero-order chi connectivity index (χ0) is 17.0. The van der Waals surface area contributed by atoms with Gasteiger partial charge in [0.2, 0.25) is 5.91 Å². The first-order valence-electron chi connectivity index (χ1n) is 8.17. The lowest BCUT2D eigenvalue weighted by Gasteiger charge is -2.36. The van der Waals surface area contributed by atoms with Crippen LogP contribution in [0.1, 0.15) is 50.2 Å². The van der Waals surface area contributed by atoms with E-state index < -0.39 is 0 Å². The number of nitrogens with zero attached hydrogens (tertiary/aromatic N) is 1. The first-order valence-corrected chi connectivity index (χ1v) is 9.04. The fourth-order valence-electron chi connectivity index (χ4n) is 2.74. The molecule has 0 bridgehead atoms. The second-order valence-electron chi connectivity index (χ2n) is 7.18. The highest BCUT2D eigenvalue weighted by Gasteiger charge is 2.29. The molecule has 2 rings (SSSR count). The summed E-state index contributed by atoms with van der Waals surface area (Å²) >= 11 is 1.46. The van der Waals surface area contributed by atoms with Gasteiger partial charge in [-0.05, 0) is 52.0 Å². The number of carbonyl (C=O) groups excluding carboxylic acids is 2.